The highest BCUT2D eigenvalue weighted by Crippen LogP contribution is 2.33. The van der Waals surface area contributed by atoms with Gasteiger partial charge in [-0.1, -0.05) is 12.1 Å². The van der Waals surface area contributed by atoms with Gasteiger partial charge in [-0.3, -0.25) is 14.9 Å². The fourth-order valence-corrected chi connectivity index (χ4v) is 5.94. The lowest BCUT2D eigenvalue weighted by Crippen LogP contribution is -2.43. The molecule has 0 saturated carbocycles. The second-order valence-corrected chi connectivity index (χ2v) is 10.4. The number of nitro benzene ring substituents is 1. The smallest absolute Gasteiger partial charge is 0.270 e. The molecule has 1 N–H and O–H groups in total. The van der Waals surface area contributed by atoms with E-state index in [1.54, 1.807) is 6.92 Å². The van der Waals surface area contributed by atoms with E-state index in [1.165, 1.54) is 16.4 Å². The van der Waals surface area contributed by atoms with Gasteiger partial charge >= 0.3 is 0 Å². The highest BCUT2D eigenvalue weighted by Gasteiger charge is 2.34. The maximum atomic E-state index is 13.1. The van der Waals surface area contributed by atoms with E-state index in [-0.39, 0.29) is 41.5 Å². The number of ether oxygens (including phenoxy) is 2. The van der Waals surface area contributed by atoms with Crippen molar-refractivity contribution in [1.82, 2.24) is 9.62 Å². The molecule has 2 aromatic rings. The number of rotatable bonds is 6. The normalized spacial score (nSPS) is 17.7. The summed E-state index contributed by atoms with van der Waals surface area (Å²) in [5, 5.41) is 14.1. The van der Waals surface area contributed by atoms with Crippen molar-refractivity contribution in [2.24, 2.45) is 5.92 Å². The van der Waals surface area contributed by atoms with Gasteiger partial charge in [-0.05, 0) is 49.9 Å². The maximum Gasteiger partial charge on any atom is 0.270 e. The highest BCUT2D eigenvalue weighted by molar-refractivity contribution is 7.89. The van der Waals surface area contributed by atoms with E-state index in [0.717, 1.165) is 11.6 Å². The molecular weight excluding hydrogens is 462 g/mol. The Labute approximate surface area is 198 Å². The summed E-state index contributed by atoms with van der Waals surface area (Å²) in [6.45, 7) is 4.81. The molecule has 11 heteroatoms. The van der Waals surface area contributed by atoms with E-state index in [2.05, 4.69) is 5.32 Å². The van der Waals surface area contributed by atoms with Crippen molar-refractivity contribution < 1.29 is 27.6 Å². The molecule has 1 saturated heterocycles. The summed E-state index contributed by atoms with van der Waals surface area (Å²) in [5.41, 5.74) is 1.06. The van der Waals surface area contributed by atoms with Crippen molar-refractivity contribution in [2.75, 3.05) is 26.3 Å². The molecule has 182 valence electrons. The molecule has 0 spiro atoms. The summed E-state index contributed by atoms with van der Waals surface area (Å²) in [4.78, 5) is 23.3. The molecule has 2 heterocycles. The number of piperidine rings is 1. The fraction of sp³-hybridized carbons (Fsp3) is 0.435. The second-order valence-electron chi connectivity index (χ2n) is 8.52. The number of nitrogens with zero attached hydrogens (tertiary/aromatic N) is 2. The van der Waals surface area contributed by atoms with Crippen LogP contribution >= 0.6 is 0 Å². The Balaban J connectivity index is 1.38. The van der Waals surface area contributed by atoms with E-state index in [4.69, 9.17) is 9.47 Å². The van der Waals surface area contributed by atoms with Crippen LogP contribution in [0.2, 0.25) is 0 Å². The number of aryl methyl sites for hydroxylation is 1. The van der Waals surface area contributed by atoms with Crippen LogP contribution < -0.4 is 14.8 Å². The van der Waals surface area contributed by atoms with E-state index in [1.807, 2.05) is 25.1 Å². The van der Waals surface area contributed by atoms with E-state index >= 15 is 0 Å². The van der Waals surface area contributed by atoms with E-state index in [0.29, 0.717) is 43.1 Å². The molecule has 4 rings (SSSR count). The molecule has 0 aromatic heterocycles. The average Bonchev–Trinajstić information content (AvgIpc) is 2.83. The zero-order valence-corrected chi connectivity index (χ0v) is 19.8. The van der Waals surface area contributed by atoms with Crippen LogP contribution in [0.4, 0.5) is 5.69 Å². The van der Waals surface area contributed by atoms with Crippen molar-refractivity contribution in [3.8, 4) is 11.5 Å². The molecule has 2 aromatic carbocycles. The first-order chi connectivity index (χ1) is 16.2. The number of hydrogen-bond acceptors (Lipinski definition) is 7. The number of sulfonamides is 1. The number of fused-ring (bicyclic) bond motifs is 1. The number of nitrogens with one attached hydrogen (secondary N) is 1. The molecule has 2 aliphatic heterocycles. The van der Waals surface area contributed by atoms with Gasteiger partial charge in [0, 0.05) is 31.1 Å². The predicted octanol–water partition coefficient (Wildman–Crippen LogP) is 2.95. The molecular formula is C23H27N3O7S. The molecule has 0 bridgehead atoms. The van der Waals surface area contributed by atoms with Gasteiger partial charge in [0.2, 0.25) is 15.9 Å². The van der Waals surface area contributed by atoms with Gasteiger partial charge in [0.1, 0.15) is 13.2 Å². The summed E-state index contributed by atoms with van der Waals surface area (Å²) in [7, 11) is -3.90. The molecule has 1 unspecified atom stereocenters. The average molecular weight is 490 g/mol. The van der Waals surface area contributed by atoms with E-state index < -0.39 is 14.9 Å². The van der Waals surface area contributed by atoms with Gasteiger partial charge in [0.15, 0.2) is 11.5 Å². The predicted molar refractivity (Wildman–Crippen MR) is 123 cm³/mol. The summed E-state index contributed by atoms with van der Waals surface area (Å²) >= 11 is 0. The minimum absolute atomic E-state index is 0.0724. The maximum absolute atomic E-state index is 13.1. The molecule has 1 fully saturated rings. The SMILES string of the molecule is Cc1ccc([N+](=O)[O-])cc1S(=O)(=O)N1CCC(C(=O)NC(C)c2ccc3c(c2)OCCO3)CC1. The summed E-state index contributed by atoms with van der Waals surface area (Å²) in [6, 6.07) is 9.13. The lowest BCUT2D eigenvalue weighted by molar-refractivity contribution is -0.385. The topological polar surface area (TPSA) is 128 Å². The number of carbonyl (C=O) groups excluding carboxylic acids is 1. The van der Waals surface area contributed by atoms with Crippen LogP contribution in [0.1, 0.15) is 36.9 Å². The molecule has 1 atom stereocenters. The van der Waals surface area contributed by atoms with E-state index in [9.17, 15) is 23.3 Å². The Bertz CT molecular complexity index is 1210. The summed E-state index contributed by atoms with van der Waals surface area (Å²) in [6.07, 6.45) is 0.736. The quantitative estimate of drug-likeness (QED) is 0.488. The van der Waals surface area contributed by atoms with Crippen LogP contribution in [0.15, 0.2) is 41.3 Å². The molecule has 10 nitrogen and oxygen atoms in total. The Morgan fingerprint density at radius 1 is 1.12 bits per heavy atom. The van der Waals surface area contributed by atoms with Crippen LogP contribution in [0.5, 0.6) is 11.5 Å². The molecule has 2 aliphatic rings. The molecule has 0 radical (unpaired) electrons. The van der Waals surface area contributed by atoms with Crippen molar-refractivity contribution in [3.05, 3.63) is 57.6 Å². The van der Waals surface area contributed by atoms with Crippen molar-refractivity contribution in [1.29, 1.82) is 0 Å². The number of amides is 1. The Kier molecular flexibility index (Phi) is 6.76. The second kappa shape index (κ2) is 9.59. The third-order valence-corrected chi connectivity index (χ3v) is 8.29. The number of non-ortho nitro benzene ring substituents is 1. The third kappa shape index (κ3) is 4.85. The number of carbonyl (C=O) groups is 1. The lowest BCUT2D eigenvalue weighted by atomic mass is 9.96. The highest BCUT2D eigenvalue weighted by atomic mass is 32.2. The zero-order valence-electron chi connectivity index (χ0n) is 19.0. The first kappa shape index (κ1) is 24.0. The van der Waals surface area contributed by atoms with Crippen LogP contribution in [-0.2, 0) is 14.8 Å². The Hall–Kier alpha value is -3.18. The standard InChI is InChI=1S/C23H27N3O7S/c1-15-3-5-19(26(28)29)14-22(15)34(30,31)25-9-7-17(8-10-25)23(27)24-16(2)18-4-6-20-21(13-18)33-12-11-32-20/h3-6,13-14,16-17H,7-12H2,1-2H3,(H,24,27). The number of benzene rings is 2. The lowest BCUT2D eigenvalue weighted by Gasteiger charge is -2.31. The van der Waals surface area contributed by atoms with Crippen molar-refractivity contribution >= 4 is 21.6 Å². The summed E-state index contributed by atoms with van der Waals surface area (Å²) in [5.74, 6) is 0.879. The summed E-state index contributed by atoms with van der Waals surface area (Å²) < 4.78 is 38.7. The van der Waals surface area contributed by atoms with Gasteiger partial charge in [0.25, 0.3) is 5.69 Å². The Morgan fingerprint density at radius 3 is 2.47 bits per heavy atom. The van der Waals surface area contributed by atoms with Gasteiger partial charge in [0.05, 0.1) is 15.9 Å². The zero-order chi connectivity index (χ0) is 24.5. The first-order valence-electron chi connectivity index (χ1n) is 11.1. The minimum Gasteiger partial charge on any atom is -0.486 e. The van der Waals surface area contributed by atoms with Crippen LogP contribution in [0.3, 0.4) is 0 Å². The molecule has 0 aliphatic carbocycles. The first-order valence-corrected chi connectivity index (χ1v) is 12.6. The van der Waals surface area contributed by atoms with Gasteiger partial charge in [-0.2, -0.15) is 4.31 Å². The fourth-order valence-electron chi connectivity index (χ4n) is 4.22. The van der Waals surface area contributed by atoms with Gasteiger partial charge in [-0.25, -0.2) is 8.42 Å². The Morgan fingerprint density at radius 2 is 1.79 bits per heavy atom. The van der Waals surface area contributed by atoms with Crippen LogP contribution in [-0.4, -0.2) is 49.9 Å². The number of hydrogen-bond donors (Lipinski definition) is 1. The number of nitro groups is 1. The van der Waals surface area contributed by atoms with Crippen LogP contribution in [0.25, 0.3) is 0 Å². The third-order valence-electron chi connectivity index (χ3n) is 6.25. The van der Waals surface area contributed by atoms with Gasteiger partial charge in [-0.15, -0.1) is 0 Å². The van der Waals surface area contributed by atoms with Gasteiger partial charge < -0.3 is 14.8 Å². The molecule has 34 heavy (non-hydrogen) atoms. The van der Waals surface area contributed by atoms with Crippen LogP contribution in [0, 0.1) is 23.0 Å². The molecule has 1 amide bonds. The monoisotopic (exact) mass is 489 g/mol. The minimum atomic E-state index is -3.90. The van der Waals surface area contributed by atoms with Crippen molar-refractivity contribution in [2.45, 2.75) is 37.6 Å². The van der Waals surface area contributed by atoms with Crippen molar-refractivity contribution in [3.63, 3.8) is 0 Å². The largest absolute Gasteiger partial charge is 0.486 e.